The number of nitriles is 1. The van der Waals surface area contributed by atoms with Crippen molar-refractivity contribution in [1.29, 1.82) is 5.26 Å². The maximum Gasteiger partial charge on any atom is 0.251 e. The first kappa shape index (κ1) is 17.6. The second kappa shape index (κ2) is 7.41. The summed E-state index contributed by atoms with van der Waals surface area (Å²) in [5.74, 6) is 0.821. The van der Waals surface area contributed by atoms with E-state index in [1.165, 1.54) is 0 Å². The van der Waals surface area contributed by atoms with Gasteiger partial charge in [0.1, 0.15) is 17.9 Å². The van der Waals surface area contributed by atoms with Gasteiger partial charge in [-0.05, 0) is 31.0 Å². The molecule has 1 aromatic carbocycles. The Labute approximate surface area is 158 Å². The Kier molecular flexibility index (Phi) is 4.82. The van der Waals surface area contributed by atoms with Crippen molar-refractivity contribution in [3.63, 3.8) is 0 Å². The van der Waals surface area contributed by atoms with Crippen molar-refractivity contribution in [2.45, 2.75) is 18.9 Å². The lowest BCUT2D eigenvalue weighted by atomic mass is 10.1. The third-order valence-corrected chi connectivity index (χ3v) is 5.28. The fraction of sp³-hybridized carbons (Fsp3) is 0.450. The smallest absolute Gasteiger partial charge is 0.251 e. The highest BCUT2D eigenvalue weighted by Crippen LogP contribution is 2.32. The van der Waals surface area contributed by atoms with E-state index in [9.17, 15) is 10.1 Å². The monoisotopic (exact) mass is 366 g/mol. The van der Waals surface area contributed by atoms with Gasteiger partial charge in [0.05, 0.1) is 23.9 Å². The summed E-state index contributed by atoms with van der Waals surface area (Å²) in [6, 6.07) is 7.94. The van der Waals surface area contributed by atoms with Crippen molar-refractivity contribution in [2.24, 2.45) is 0 Å². The van der Waals surface area contributed by atoms with E-state index in [1.807, 2.05) is 23.1 Å². The number of rotatable bonds is 3. The molecule has 2 saturated heterocycles. The summed E-state index contributed by atoms with van der Waals surface area (Å²) in [6.45, 7) is 3.26. The number of amides is 1. The van der Waals surface area contributed by atoms with E-state index in [2.05, 4.69) is 16.0 Å². The normalized spacial score (nSPS) is 19.9. The van der Waals surface area contributed by atoms with Crippen LogP contribution in [-0.2, 0) is 9.53 Å². The number of pyridine rings is 1. The van der Waals surface area contributed by atoms with Crippen LogP contribution in [0.25, 0.3) is 10.9 Å². The van der Waals surface area contributed by atoms with Gasteiger partial charge in [0.2, 0.25) is 0 Å². The molecule has 1 amide bonds. The molecule has 0 N–H and O–H groups in total. The van der Waals surface area contributed by atoms with Crippen molar-refractivity contribution in [3.8, 4) is 11.8 Å². The highest BCUT2D eigenvalue weighted by Gasteiger charge is 2.31. The molecule has 1 atom stereocenters. The predicted octanol–water partition coefficient (Wildman–Crippen LogP) is 1.94. The molecule has 140 valence electrons. The van der Waals surface area contributed by atoms with Crippen LogP contribution in [0.15, 0.2) is 24.4 Å². The molecule has 0 radical (unpaired) electrons. The lowest BCUT2D eigenvalue weighted by Gasteiger charge is -2.37. The Hall–Kier alpha value is -2.85. The molecule has 2 fully saturated rings. The minimum Gasteiger partial charge on any atom is -0.497 e. The van der Waals surface area contributed by atoms with E-state index in [0.29, 0.717) is 38.3 Å². The second-order valence-electron chi connectivity index (χ2n) is 6.83. The van der Waals surface area contributed by atoms with E-state index < -0.39 is 0 Å². The second-order valence-corrected chi connectivity index (χ2v) is 6.83. The van der Waals surface area contributed by atoms with Crippen LogP contribution in [0.4, 0.5) is 5.69 Å². The van der Waals surface area contributed by atoms with Gasteiger partial charge in [-0.15, -0.1) is 0 Å². The van der Waals surface area contributed by atoms with Crippen LogP contribution in [0.5, 0.6) is 5.75 Å². The quantitative estimate of drug-likeness (QED) is 0.826. The molecule has 7 heteroatoms. The average Bonchev–Trinajstić information content (AvgIpc) is 3.27. The number of methoxy groups -OCH3 is 1. The van der Waals surface area contributed by atoms with Gasteiger partial charge in [-0.3, -0.25) is 9.78 Å². The number of carbonyl (C=O) groups excluding carboxylic acids is 1. The zero-order chi connectivity index (χ0) is 18.8. The molecular weight excluding hydrogens is 344 g/mol. The van der Waals surface area contributed by atoms with E-state index >= 15 is 0 Å². The maximum atomic E-state index is 12.6. The SMILES string of the molecule is COc1ccc2ncc(C#N)c(N3CCN(C(=O)C4CCCO4)CC3)c2c1. The Balaban J connectivity index is 1.59. The van der Waals surface area contributed by atoms with Crippen LogP contribution in [0, 0.1) is 11.3 Å². The minimum atomic E-state index is -0.280. The number of fused-ring (bicyclic) bond motifs is 1. The number of anilines is 1. The van der Waals surface area contributed by atoms with Gasteiger partial charge in [0.15, 0.2) is 0 Å². The number of hydrogen-bond acceptors (Lipinski definition) is 6. The summed E-state index contributed by atoms with van der Waals surface area (Å²) < 4.78 is 10.9. The van der Waals surface area contributed by atoms with Crippen LogP contribution in [0.3, 0.4) is 0 Å². The topological polar surface area (TPSA) is 78.7 Å². The first-order valence-electron chi connectivity index (χ1n) is 9.23. The number of aromatic nitrogens is 1. The van der Waals surface area contributed by atoms with E-state index in [0.717, 1.165) is 35.2 Å². The average molecular weight is 366 g/mol. The number of benzene rings is 1. The van der Waals surface area contributed by atoms with Crippen LogP contribution in [-0.4, -0.2) is 61.8 Å². The van der Waals surface area contributed by atoms with Crippen LogP contribution in [0.2, 0.25) is 0 Å². The molecule has 4 rings (SSSR count). The van der Waals surface area contributed by atoms with Crippen molar-refractivity contribution in [1.82, 2.24) is 9.88 Å². The number of ether oxygens (including phenoxy) is 2. The van der Waals surface area contributed by atoms with Crippen LogP contribution in [0.1, 0.15) is 18.4 Å². The van der Waals surface area contributed by atoms with Gasteiger partial charge in [0, 0.05) is 44.4 Å². The largest absolute Gasteiger partial charge is 0.497 e. The fourth-order valence-electron chi connectivity index (χ4n) is 3.83. The molecule has 7 nitrogen and oxygen atoms in total. The highest BCUT2D eigenvalue weighted by molar-refractivity contribution is 5.95. The third kappa shape index (κ3) is 3.28. The van der Waals surface area contributed by atoms with Gasteiger partial charge in [-0.25, -0.2) is 0 Å². The Morgan fingerprint density at radius 1 is 1.33 bits per heavy atom. The van der Waals surface area contributed by atoms with Crippen LogP contribution >= 0.6 is 0 Å². The van der Waals surface area contributed by atoms with Crippen molar-refractivity contribution >= 4 is 22.5 Å². The first-order chi connectivity index (χ1) is 13.2. The molecule has 2 aromatic rings. The predicted molar refractivity (Wildman–Crippen MR) is 101 cm³/mol. The van der Waals surface area contributed by atoms with Crippen LogP contribution < -0.4 is 9.64 Å². The van der Waals surface area contributed by atoms with Gasteiger partial charge < -0.3 is 19.3 Å². The zero-order valence-corrected chi connectivity index (χ0v) is 15.4. The molecule has 0 spiro atoms. The Morgan fingerprint density at radius 3 is 2.81 bits per heavy atom. The third-order valence-electron chi connectivity index (χ3n) is 5.28. The van der Waals surface area contributed by atoms with Gasteiger partial charge in [-0.2, -0.15) is 5.26 Å². The standard InChI is InChI=1S/C20H22N4O3/c1-26-15-4-5-17-16(11-15)19(14(12-21)13-22-17)23-6-8-24(9-7-23)20(25)18-3-2-10-27-18/h4-5,11,13,18H,2-3,6-10H2,1H3. The van der Waals surface area contributed by atoms with E-state index in [1.54, 1.807) is 13.3 Å². The lowest BCUT2D eigenvalue weighted by Crippen LogP contribution is -2.51. The number of piperazine rings is 1. The summed E-state index contributed by atoms with van der Waals surface area (Å²) >= 11 is 0. The Morgan fingerprint density at radius 2 is 2.15 bits per heavy atom. The molecular formula is C20H22N4O3. The minimum absolute atomic E-state index is 0.0916. The van der Waals surface area contributed by atoms with Gasteiger partial charge in [-0.1, -0.05) is 0 Å². The van der Waals surface area contributed by atoms with Crippen molar-refractivity contribution in [2.75, 3.05) is 44.8 Å². The molecule has 0 bridgehead atoms. The molecule has 1 aromatic heterocycles. The summed E-state index contributed by atoms with van der Waals surface area (Å²) in [4.78, 5) is 21.0. The molecule has 3 heterocycles. The zero-order valence-electron chi connectivity index (χ0n) is 15.4. The lowest BCUT2D eigenvalue weighted by molar-refractivity contribution is -0.141. The van der Waals surface area contributed by atoms with Crippen molar-refractivity contribution < 1.29 is 14.3 Å². The van der Waals surface area contributed by atoms with E-state index in [4.69, 9.17) is 9.47 Å². The summed E-state index contributed by atoms with van der Waals surface area (Å²) in [7, 11) is 1.62. The van der Waals surface area contributed by atoms with Crippen molar-refractivity contribution in [3.05, 3.63) is 30.0 Å². The molecule has 0 aliphatic carbocycles. The maximum absolute atomic E-state index is 12.6. The summed E-state index contributed by atoms with van der Waals surface area (Å²) in [5, 5.41) is 10.5. The number of hydrogen-bond donors (Lipinski definition) is 0. The molecule has 27 heavy (non-hydrogen) atoms. The fourth-order valence-corrected chi connectivity index (χ4v) is 3.83. The molecule has 0 saturated carbocycles. The number of nitrogens with zero attached hydrogens (tertiary/aromatic N) is 4. The highest BCUT2D eigenvalue weighted by atomic mass is 16.5. The summed E-state index contributed by atoms with van der Waals surface area (Å²) in [5.41, 5.74) is 2.22. The molecule has 2 aliphatic heterocycles. The molecule has 2 aliphatic rings. The molecule has 1 unspecified atom stereocenters. The number of carbonyl (C=O) groups is 1. The van der Waals surface area contributed by atoms with E-state index in [-0.39, 0.29) is 12.0 Å². The summed E-state index contributed by atoms with van der Waals surface area (Å²) in [6.07, 6.45) is 3.10. The Bertz CT molecular complexity index is 894. The van der Waals surface area contributed by atoms with Gasteiger partial charge in [0.25, 0.3) is 5.91 Å². The first-order valence-corrected chi connectivity index (χ1v) is 9.23. The van der Waals surface area contributed by atoms with Gasteiger partial charge >= 0.3 is 0 Å².